The van der Waals surface area contributed by atoms with Crippen LogP contribution in [0.4, 0.5) is 4.79 Å². The monoisotopic (exact) mass is 486 g/mol. The Balaban J connectivity index is 1.43. The number of urea groups is 1. The molecule has 9 heteroatoms. The van der Waals surface area contributed by atoms with Gasteiger partial charge in [0.15, 0.2) is 0 Å². The molecule has 0 radical (unpaired) electrons. The van der Waals surface area contributed by atoms with E-state index in [4.69, 9.17) is 16.3 Å². The lowest BCUT2D eigenvalue weighted by molar-refractivity contribution is -0.136. The fraction of sp³-hybridized carbons (Fsp3) is 0.480. The van der Waals surface area contributed by atoms with Gasteiger partial charge in [-0.2, -0.15) is 0 Å². The topological polar surface area (TPSA) is 86.2 Å². The Morgan fingerprint density at radius 1 is 1.18 bits per heavy atom. The largest absolute Gasteiger partial charge is 0.508 e. The van der Waals surface area contributed by atoms with Crippen LogP contribution < -0.4 is 0 Å². The van der Waals surface area contributed by atoms with Crippen LogP contribution in [0.2, 0.25) is 5.02 Å². The van der Waals surface area contributed by atoms with Gasteiger partial charge >= 0.3 is 6.03 Å². The number of phenols is 1. The molecule has 1 aromatic carbocycles. The highest BCUT2D eigenvalue weighted by atomic mass is 35.5. The number of aromatic hydroxyl groups is 1. The summed E-state index contributed by atoms with van der Waals surface area (Å²) in [5, 5.41) is 10.7. The van der Waals surface area contributed by atoms with E-state index in [-0.39, 0.29) is 17.7 Å². The number of aryl methyl sites for hydroxylation is 1. The number of aromatic nitrogens is 1. The van der Waals surface area contributed by atoms with E-state index in [1.807, 2.05) is 18.3 Å². The van der Waals surface area contributed by atoms with Gasteiger partial charge in [0.05, 0.1) is 6.61 Å². The molecular weight excluding hydrogens is 456 g/mol. The summed E-state index contributed by atoms with van der Waals surface area (Å²) in [7, 11) is 1.60. The van der Waals surface area contributed by atoms with Crippen molar-refractivity contribution in [3.05, 3.63) is 58.9 Å². The summed E-state index contributed by atoms with van der Waals surface area (Å²) >= 11 is 6.09. The second kappa shape index (κ2) is 10.7. The standard InChI is InChI=1S/C25H31ClN4O4/c1-34-15-14-30-24(33)29(11-3-5-19-4-2-10-27-17-19)23(32)25(30)8-12-28(13-9-25)18-20-16-21(26)6-7-22(20)31/h2,4,6-7,10,16-17,31H,3,5,8-9,11-15,18H2,1H3. The highest BCUT2D eigenvalue weighted by Crippen LogP contribution is 2.38. The number of halogens is 1. The number of amides is 3. The third-order valence-corrected chi connectivity index (χ3v) is 7.06. The van der Waals surface area contributed by atoms with Crippen LogP contribution in [0.25, 0.3) is 0 Å². The Morgan fingerprint density at radius 3 is 2.68 bits per heavy atom. The predicted molar refractivity (Wildman–Crippen MR) is 129 cm³/mol. The first-order valence-electron chi connectivity index (χ1n) is 11.7. The van der Waals surface area contributed by atoms with Crippen LogP contribution in [0.5, 0.6) is 5.75 Å². The summed E-state index contributed by atoms with van der Waals surface area (Å²) in [5.74, 6) is 0.100. The second-order valence-electron chi connectivity index (χ2n) is 8.93. The number of pyridine rings is 1. The molecule has 34 heavy (non-hydrogen) atoms. The summed E-state index contributed by atoms with van der Waals surface area (Å²) < 4.78 is 5.24. The van der Waals surface area contributed by atoms with Gasteiger partial charge in [-0.15, -0.1) is 0 Å². The molecule has 0 unspecified atom stereocenters. The highest BCUT2D eigenvalue weighted by Gasteiger charge is 2.57. The molecule has 0 saturated carbocycles. The molecule has 1 aromatic heterocycles. The van der Waals surface area contributed by atoms with Crippen LogP contribution in [-0.4, -0.2) is 82.2 Å². The van der Waals surface area contributed by atoms with E-state index in [1.165, 1.54) is 4.90 Å². The fourth-order valence-electron chi connectivity index (χ4n) is 4.95. The summed E-state index contributed by atoms with van der Waals surface area (Å²) in [6.07, 6.45) is 6.08. The summed E-state index contributed by atoms with van der Waals surface area (Å²) in [4.78, 5) is 36.4. The number of likely N-dealkylation sites (tertiary alicyclic amines) is 1. The Bertz CT molecular complexity index is 1010. The Labute approximate surface area is 205 Å². The van der Waals surface area contributed by atoms with Gasteiger partial charge < -0.3 is 14.7 Å². The molecule has 2 aromatic rings. The molecule has 182 valence electrons. The molecule has 1 spiro atoms. The number of phenolic OH excluding ortho intramolecular Hbond substituents is 1. The minimum Gasteiger partial charge on any atom is -0.508 e. The third-order valence-electron chi connectivity index (χ3n) is 6.83. The molecular formula is C25H31ClN4O4. The third kappa shape index (κ3) is 5.04. The lowest BCUT2D eigenvalue weighted by Gasteiger charge is -2.42. The average molecular weight is 487 g/mol. The van der Waals surface area contributed by atoms with Crippen molar-refractivity contribution in [1.29, 1.82) is 0 Å². The summed E-state index contributed by atoms with van der Waals surface area (Å²) in [5.41, 5.74) is 1.01. The molecule has 2 saturated heterocycles. The number of ether oxygens (including phenoxy) is 1. The van der Waals surface area contributed by atoms with Gasteiger partial charge in [-0.1, -0.05) is 17.7 Å². The van der Waals surface area contributed by atoms with E-state index in [1.54, 1.807) is 36.4 Å². The quantitative estimate of drug-likeness (QED) is 0.547. The molecule has 0 atom stereocenters. The highest BCUT2D eigenvalue weighted by molar-refractivity contribution is 6.30. The van der Waals surface area contributed by atoms with Crippen LogP contribution in [-0.2, 0) is 22.5 Å². The van der Waals surface area contributed by atoms with Crippen molar-refractivity contribution >= 4 is 23.5 Å². The Hall–Kier alpha value is -2.68. The van der Waals surface area contributed by atoms with Crippen molar-refractivity contribution in [2.75, 3.05) is 39.9 Å². The van der Waals surface area contributed by atoms with E-state index >= 15 is 0 Å². The smallest absolute Gasteiger partial charge is 0.327 e. The molecule has 3 amide bonds. The van der Waals surface area contributed by atoms with Gasteiger partial charge in [0.25, 0.3) is 5.91 Å². The lowest BCUT2D eigenvalue weighted by Crippen LogP contribution is -2.57. The lowest BCUT2D eigenvalue weighted by atomic mass is 9.85. The van der Waals surface area contributed by atoms with Crippen molar-refractivity contribution in [2.45, 2.75) is 37.8 Å². The maximum Gasteiger partial charge on any atom is 0.327 e. The van der Waals surface area contributed by atoms with Crippen molar-refractivity contribution in [3.63, 3.8) is 0 Å². The number of carbonyl (C=O) groups is 2. The predicted octanol–water partition coefficient (Wildman–Crippen LogP) is 3.32. The number of hydrogen-bond donors (Lipinski definition) is 1. The van der Waals surface area contributed by atoms with Crippen molar-refractivity contribution in [1.82, 2.24) is 19.7 Å². The maximum atomic E-state index is 13.6. The first-order chi connectivity index (χ1) is 16.4. The Morgan fingerprint density at radius 2 is 1.97 bits per heavy atom. The number of piperidine rings is 1. The molecule has 4 rings (SSSR count). The van der Waals surface area contributed by atoms with Gasteiger partial charge in [0, 0.05) is 62.8 Å². The summed E-state index contributed by atoms with van der Waals surface area (Å²) in [6, 6.07) is 8.68. The molecule has 3 heterocycles. The van der Waals surface area contributed by atoms with E-state index in [9.17, 15) is 14.7 Å². The number of rotatable bonds is 9. The molecule has 0 aliphatic carbocycles. The van der Waals surface area contributed by atoms with Gasteiger partial charge in [0.2, 0.25) is 0 Å². The minimum atomic E-state index is -0.837. The van der Waals surface area contributed by atoms with Crippen LogP contribution in [0.1, 0.15) is 30.4 Å². The number of benzene rings is 1. The zero-order valence-corrected chi connectivity index (χ0v) is 20.2. The van der Waals surface area contributed by atoms with Crippen LogP contribution in [0, 0.1) is 0 Å². The average Bonchev–Trinajstić information content (AvgIpc) is 3.03. The van der Waals surface area contributed by atoms with Gasteiger partial charge in [-0.05, 0) is 55.5 Å². The van der Waals surface area contributed by atoms with Gasteiger partial charge in [-0.3, -0.25) is 19.6 Å². The molecule has 8 nitrogen and oxygen atoms in total. The number of nitrogens with zero attached hydrogens (tertiary/aromatic N) is 4. The van der Waals surface area contributed by atoms with Crippen LogP contribution >= 0.6 is 11.6 Å². The molecule has 2 aliphatic rings. The van der Waals surface area contributed by atoms with Crippen molar-refractivity contribution in [2.24, 2.45) is 0 Å². The Kier molecular flexibility index (Phi) is 7.70. The second-order valence-corrected chi connectivity index (χ2v) is 9.37. The first-order valence-corrected chi connectivity index (χ1v) is 12.0. The fourth-order valence-corrected chi connectivity index (χ4v) is 5.14. The van der Waals surface area contributed by atoms with Crippen LogP contribution in [0.15, 0.2) is 42.7 Å². The number of hydrogen-bond acceptors (Lipinski definition) is 6. The van der Waals surface area contributed by atoms with E-state index in [2.05, 4.69) is 9.88 Å². The van der Waals surface area contributed by atoms with Gasteiger partial charge in [-0.25, -0.2) is 4.79 Å². The van der Waals surface area contributed by atoms with Crippen LogP contribution in [0.3, 0.4) is 0 Å². The normalized spacial score (nSPS) is 18.3. The zero-order chi connectivity index (χ0) is 24.1. The summed E-state index contributed by atoms with van der Waals surface area (Å²) in [6.45, 7) is 2.96. The number of carbonyl (C=O) groups excluding carboxylic acids is 2. The minimum absolute atomic E-state index is 0.106. The molecule has 2 fully saturated rings. The van der Waals surface area contributed by atoms with Gasteiger partial charge in [0.1, 0.15) is 11.3 Å². The molecule has 1 N–H and O–H groups in total. The van der Waals surface area contributed by atoms with E-state index in [0.29, 0.717) is 63.6 Å². The van der Waals surface area contributed by atoms with Crippen molar-refractivity contribution in [3.8, 4) is 5.75 Å². The van der Waals surface area contributed by atoms with E-state index in [0.717, 1.165) is 17.5 Å². The maximum absolute atomic E-state index is 13.6. The molecule has 0 bridgehead atoms. The van der Waals surface area contributed by atoms with E-state index < -0.39 is 5.54 Å². The molecule has 2 aliphatic heterocycles. The zero-order valence-electron chi connectivity index (χ0n) is 19.5. The van der Waals surface area contributed by atoms with Crippen molar-refractivity contribution < 1.29 is 19.4 Å². The first kappa shape index (κ1) is 24.4. The SMILES string of the molecule is COCCN1C(=O)N(CCCc2cccnc2)C(=O)C12CCN(Cc1cc(Cl)ccc1O)CC2. The number of methoxy groups -OCH3 is 1. The number of imide groups is 1.